The summed E-state index contributed by atoms with van der Waals surface area (Å²) in [6.45, 7) is 0. The number of aromatic nitrogens is 2. The maximum atomic E-state index is 12.8. The van der Waals surface area contributed by atoms with Gasteiger partial charge in [-0.25, -0.2) is 8.42 Å². The summed E-state index contributed by atoms with van der Waals surface area (Å²) >= 11 is 0. The molecule has 0 atom stereocenters. The molecule has 0 unspecified atom stereocenters. The van der Waals surface area contributed by atoms with E-state index in [9.17, 15) is 13.2 Å². The van der Waals surface area contributed by atoms with E-state index >= 15 is 0 Å². The number of carbonyl (C=O) groups excluding carboxylic acids is 1. The van der Waals surface area contributed by atoms with Crippen LogP contribution in [0.5, 0.6) is 11.5 Å². The van der Waals surface area contributed by atoms with Crippen molar-refractivity contribution >= 4 is 21.8 Å². The molecule has 0 aliphatic carbocycles. The Bertz CT molecular complexity index is 1330. The predicted octanol–water partition coefficient (Wildman–Crippen LogP) is 4.18. The zero-order chi connectivity index (χ0) is 21.8. The van der Waals surface area contributed by atoms with Crippen LogP contribution in [0, 0.1) is 0 Å². The van der Waals surface area contributed by atoms with Crippen LogP contribution in [-0.2, 0) is 9.84 Å². The van der Waals surface area contributed by atoms with Crippen LogP contribution in [0.4, 0.5) is 6.01 Å². The second-order valence-electron chi connectivity index (χ2n) is 6.58. The number of amides is 1. The molecule has 0 aliphatic rings. The van der Waals surface area contributed by atoms with E-state index in [-0.39, 0.29) is 22.4 Å². The zero-order valence-corrected chi connectivity index (χ0v) is 17.2. The second-order valence-corrected chi connectivity index (χ2v) is 8.59. The van der Waals surface area contributed by atoms with Gasteiger partial charge in [0.05, 0.1) is 10.5 Å². The molecule has 3 aromatic carbocycles. The third kappa shape index (κ3) is 4.78. The monoisotopic (exact) mass is 435 g/mol. The van der Waals surface area contributed by atoms with Crippen LogP contribution < -0.4 is 10.1 Å². The lowest BCUT2D eigenvalue weighted by Crippen LogP contribution is -2.13. The SMILES string of the molecule is CS(=O)(=O)c1cccc(-c2nnc(NC(=O)c3ccccc3Oc3ccccc3)o2)c1. The third-order valence-corrected chi connectivity index (χ3v) is 5.37. The highest BCUT2D eigenvalue weighted by atomic mass is 32.2. The molecule has 0 fully saturated rings. The van der Waals surface area contributed by atoms with Gasteiger partial charge in [-0.1, -0.05) is 41.5 Å². The number of hydrogen-bond acceptors (Lipinski definition) is 7. The predicted molar refractivity (Wildman–Crippen MR) is 114 cm³/mol. The van der Waals surface area contributed by atoms with E-state index < -0.39 is 15.7 Å². The Morgan fingerprint density at radius 3 is 2.45 bits per heavy atom. The number of nitrogens with one attached hydrogen (secondary N) is 1. The van der Waals surface area contributed by atoms with E-state index in [0.29, 0.717) is 17.1 Å². The highest BCUT2D eigenvalue weighted by molar-refractivity contribution is 7.90. The summed E-state index contributed by atoms with van der Waals surface area (Å²) < 4.78 is 34.8. The van der Waals surface area contributed by atoms with Crippen molar-refractivity contribution in [2.75, 3.05) is 11.6 Å². The van der Waals surface area contributed by atoms with E-state index in [4.69, 9.17) is 9.15 Å². The molecule has 0 aliphatic heterocycles. The third-order valence-electron chi connectivity index (χ3n) is 4.26. The van der Waals surface area contributed by atoms with Crippen molar-refractivity contribution in [3.63, 3.8) is 0 Å². The van der Waals surface area contributed by atoms with E-state index in [1.54, 1.807) is 48.5 Å². The van der Waals surface area contributed by atoms with Crippen LogP contribution >= 0.6 is 0 Å². The zero-order valence-electron chi connectivity index (χ0n) is 16.3. The number of hydrogen-bond donors (Lipinski definition) is 1. The lowest BCUT2D eigenvalue weighted by atomic mass is 10.2. The molecular weight excluding hydrogens is 418 g/mol. The Morgan fingerprint density at radius 2 is 1.68 bits per heavy atom. The smallest absolute Gasteiger partial charge is 0.322 e. The fourth-order valence-electron chi connectivity index (χ4n) is 2.77. The average molecular weight is 435 g/mol. The number of para-hydroxylation sites is 2. The van der Waals surface area contributed by atoms with E-state index in [0.717, 1.165) is 6.26 Å². The van der Waals surface area contributed by atoms with Crippen LogP contribution in [0.3, 0.4) is 0 Å². The first-order valence-electron chi connectivity index (χ1n) is 9.17. The summed E-state index contributed by atoms with van der Waals surface area (Å²) in [4.78, 5) is 12.9. The van der Waals surface area contributed by atoms with Gasteiger partial charge in [0.2, 0.25) is 5.89 Å². The first-order valence-corrected chi connectivity index (χ1v) is 11.1. The fraction of sp³-hybridized carbons (Fsp3) is 0.0455. The Balaban J connectivity index is 1.54. The molecule has 0 saturated heterocycles. The molecule has 9 heteroatoms. The molecule has 4 rings (SSSR count). The van der Waals surface area contributed by atoms with Crippen molar-refractivity contribution in [2.45, 2.75) is 4.90 Å². The minimum atomic E-state index is -3.39. The summed E-state index contributed by atoms with van der Waals surface area (Å²) in [6, 6.07) is 21.8. The van der Waals surface area contributed by atoms with Gasteiger partial charge in [0.25, 0.3) is 5.91 Å². The Morgan fingerprint density at radius 1 is 0.935 bits per heavy atom. The van der Waals surface area contributed by atoms with Crippen molar-refractivity contribution in [1.29, 1.82) is 0 Å². The number of ether oxygens (including phenoxy) is 1. The van der Waals surface area contributed by atoms with Crippen LogP contribution in [-0.4, -0.2) is 30.8 Å². The summed E-state index contributed by atoms with van der Waals surface area (Å²) in [6.07, 6.45) is 1.11. The largest absolute Gasteiger partial charge is 0.457 e. The first-order chi connectivity index (χ1) is 14.9. The molecule has 1 amide bonds. The average Bonchev–Trinajstić information content (AvgIpc) is 3.23. The van der Waals surface area contributed by atoms with Gasteiger partial charge in [-0.05, 0) is 42.5 Å². The minimum absolute atomic E-state index is 0.0784. The number of benzene rings is 3. The van der Waals surface area contributed by atoms with Gasteiger partial charge in [0.15, 0.2) is 9.84 Å². The standard InChI is InChI=1S/C22H17N3O5S/c1-31(27,28)17-11-7-8-15(14-17)21-24-25-22(30-21)23-20(26)18-12-5-6-13-19(18)29-16-9-3-2-4-10-16/h2-14H,1H3,(H,23,25,26). The Labute approximate surface area is 178 Å². The topological polar surface area (TPSA) is 111 Å². The molecule has 0 spiro atoms. The number of sulfone groups is 1. The summed E-state index contributed by atoms with van der Waals surface area (Å²) in [5.41, 5.74) is 0.703. The van der Waals surface area contributed by atoms with Gasteiger partial charge in [-0.15, -0.1) is 5.10 Å². The van der Waals surface area contributed by atoms with Gasteiger partial charge < -0.3 is 9.15 Å². The molecule has 1 N–H and O–H groups in total. The molecule has 0 saturated carbocycles. The fourth-order valence-corrected chi connectivity index (χ4v) is 3.44. The minimum Gasteiger partial charge on any atom is -0.457 e. The van der Waals surface area contributed by atoms with E-state index in [1.807, 2.05) is 18.2 Å². The summed E-state index contributed by atoms with van der Waals surface area (Å²) in [5, 5.41) is 10.3. The van der Waals surface area contributed by atoms with Crippen molar-refractivity contribution in [3.8, 4) is 23.0 Å². The van der Waals surface area contributed by atoms with Gasteiger partial charge in [0.1, 0.15) is 11.5 Å². The van der Waals surface area contributed by atoms with Gasteiger partial charge >= 0.3 is 6.01 Å². The molecule has 156 valence electrons. The number of carbonyl (C=O) groups is 1. The first kappa shape index (κ1) is 20.3. The van der Waals surface area contributed by atoms with Crippen molar-refractivity contribution in [3.05, 3.63) is 84.4 Å². The number of nitrogens with zero attached hydrogens (tertiary/aromatic N) is 2. The van der Waals surface area contributed by atoms with Crippen LogP contribution in [0.25, 0.3) is 11.5 Å². The quantitative estimate of drug-likeness (QED) is 0.483. The molecule has 0 radical (unpaired) electrons. The van der Waals surface area contributed by atoms with E-state index in [1.165, 1.54) is 12.1 Å². The highest BCUT2D eigenvalue weighted by Crippen LogP contribution is 2.27. The van der Waals surface area contributed by atoms with Gasteiger partial charge in [-0.2, -0.15) is 0 Å². The Hall–Kier alpha value is -3.98. The van der Waals surface area contributed by atoms with Crippen LogP contribution in [0.2, 0.25) is 0 Å². The lowest BCUT2D eigenvalue weighted by molar-refractivity contribution is 0.102. The molecule has 4 aromatic rings. The lowest BCUT2D eigenvalue weighted by Gasteiger charge is -2.10. The summed E-state index contributed by atoms with van der Waals surface area (Å²) in [5.74, 6) is 0.543. The van der Waals surface area contributed by atoms with Crippen LogP contribution in [0.1, 0.15) is 10.4 Å². The summed E-state index contributed by atoms with van der Waals surface area (Å²) in [7, 11) is -3.39. The van der Waals surface area contributed by atoms with Crippen LogP contribution in [0.15, 0.2) is 88.2 Å². The maximum Gasteiger partial charge on any atom is 0.322 e. The molecular formula is C22H17N3O5S. The molecule has 8 nitrogen and oxygen atoms in total. The Kier molecular flexibility index (Phi) is 5.50. The number of anilines is 1. The van der Waals surface area contributed by atoms with E-state index in [2.05, 4.69) is 15.5 Å². The normalized spacial score (nSPS) is 11.1. The maximum absolute atomic E-state index is 12.8. The van der Waals surface area contributed by atoms with Crippen molar-refractivity contribution in [1.82, 2.24) is 10.2 Å². The highest BCUT2D eigenvalue weighted by Gasteiger charge is 2.17. The number of rotatable bonds is 6. The molecule has 0 bridgehead atoms. The van der Waals surface area contributed by atoms with Crippen molar-refractivity contribution in [2.24, 2.45) is 0 Å². The second kappa shape index (κ2) is 8.41. The van der Waals surface area contributed by atoms with Gasteiger partial charge in [0, 0.05) is 11.8 Å². The van der Waals surface area contributed by atoms with Crippen molar-refractivity contribution < 1.29 is 22.4 Å². The molecule has 1 aromatic heterocycles. The molecule has 1 heterocycles. The van der Waals surface area contributed by atoms with Gasteiger partial charge in [-0.3, -0.25) is 10.1 Å². The molecule has 31 heavy (non-hydrogen) atoms.